The van der Waals surface area contributed by atoms with Gasteiger partial charge in [-0.1, -0.05) is 0 Å². The van der Waals surface area contributed by atoms with Crippen LogP contribution < -0.4 is 21.5 Å². The molecule has 8 nitrogen and oxygen atoms in total. The van der Waals surface area contributed by atoms with Crippen LogP contribution in [0.1, 0.15) is 0 Å². The third kappa shape index (κ3) is 2.09. The fourth-order valence-corrected chi connectivity index (χ4v) is 4.88. The molecule has 9 heteroatoms. The van der Waals surface area contributed by atoms with Crippen molar-refractivity contribution in [2.24, 2.45) is 5.41 Å². The summed E-state index contributed by atoms with van der Waals surface area (Å²) in [5.74, 6) is 1.37. The van der Waals surface area contributed by atoms with Crippen molar-refractivity contribution in [3.8, 4) is 11.4 Å². The number of hydrogen-bond acceptors (Lipinski definition) is 7. The predicted octanol–water partition coefficient (Wildman–Crippen LogP) is 1.52. The molecule has 0 saturated carbocycles. The minimum absolute atomic E-state index is 0.246. The van der Waals surface area contributed by atoms with Gasteiger partial charge in [-0.3, -0.25) is 4.79 Å². The number of rotatable bonds is 2. The van der Waals surface area contributed by atoms with Crippen LogP contribution in [-0.4, -0.2) is 46.1 Å². The summed E-state index contributed by atoms with van der Waals surface area (Å²) in [6.45, 7) is 4.23. The maximum absolute atomic E-state index is 12.5. The Morgan fingerprint density at radius 3 is 2.78 bits per heavy atom. The average molecular weight is 379 g/mol. The normalized spacial score (nSPS) is 18.1. The number of H-pyrrole nitrogens is 2. The van der Waals surface area contributed by atoms with Crippen molar-refractivity contribution in [2.45, 2.75) is 0 Å². The molecule has 2 aliphatic rings. The molecular formula is C18H17N7OS. The van der Waals surface area contributed by atoms with E-state index in [2.05, 4.69) is 25.2 Å². The number of nitrogens with two attached hydrogens (primary N) is 1. The van der Waals surface area contributed by atoms with Crippen LogP contribution in [0.3, 0.4) is 0 Å². The third-order valence-corrected chi connectivity index (χ3v) is 6.45. The maximum Gasteiger partial charge on any atom is 0.262 e. The lowest BCUT2D eigenvalue weighted by molar-refractivity contribution is 0.120. The number of thiophene rings is 1. The molecule has 6 rings (SSSR count). The van der Waals surface area contributed by atoms with E-state index in [0.717, 1.165) is 47.7 Å². The Kier molecular flexibility index (Phi) is 2.86. The maximum atomic E-state index is 12.5. The first-order chi connectivity index (χ1) is 13.1. The first-order valence-corrected chi connectivity index (χ1v) is 9.72. The number of nitrogens with one attached hydrogen (secondary N) is 3. The van der Waals surface area contributed by atoms with E-state index in [1.54, 1.807) is 0 Å². The van der Waals surface area contributed by atoms with Crippen LogP contribution in [0, 0.1) is 5.41 Å². The van der Waals surface area contributed by atoms with Crippen LogP contribution in [0.2, 0.25) is 0 Å². The monoisotopic (exact) mass is 379 g/mol. The lowest BCUT2D eigenvalue weighted by Crippen LogP contribution is -2.71. The van der Waals surface area contributed by atoms with Crippen molar-refractivity contribution >= 4 is 44.2 Å². The number of aromatic amines is 2. The molecule has 0 bridgehead atoms. The van der Waals surface area contributed by atoms with E-state index in [1.165, 1.54) is 11.3 Å². The van der Waals surface area contributed by atoms with Gasteiger partial charge in [0.2, 0.25) is 0 Å². The van der Waals surface area contributed by atoms with E-state index >= 15 is 0 Å². The predicted molar refractivity (Wildman–Crippen MR) is 107 cm³/mol. The zero-order valence-electron chi connectivity index (χ0n) is 14.4. The van der Waals surface area contributed by atoms with E-state index in [0.29, 0.717) is 28.1 Å². The molecule has 0 aromatic carbocycles. The average Bonchev–Trinajstić information content (AvgIpc) is 3.18. The molecule has 4 aromatic heterocycles. The van der Waals surface area contributed by atoms with Gasteiger partial charge in [-0.25, -0.2) is 9.97 Å². The molecule has 0 aliphatic carbocycles. The molecule has 2 aliphatic heterocycles. The molecule has 1 spiro atoms. The highest BCUT2D eigenvalue weighted by Crippen LogP contribution is 2.37. The Morgan fingerprint density at radius 2 is 2.00 bits per heavy atom. The van der Waals surface area contributed by atoms with Gasteiger partial charge in [0.25, 0.3) is 5.56 Å². The highest BCUT2D eigenvalue weighted by Gasteiger charge is 2.47. The minimum atomic E-state index is -0.246. The van der Waals surface area contributed by atoms with Crippen LogP contribution >= 0.6 is 11.3 Å². The van der Waals surface area contributed by atoms with Crippen LogP contribution in [0.4, 0.5) is 11.5 Å². The first kappa shape index (κ1) is 15.2. The van der Waals surface area contributed by atoms with Gasteiger partial charge in [0.05, 0.1) is 11.2 Å². The van der Waals surface area contributed by atoms with E-state index in [1.807, 2.05) is 23.6 Å². The number of fused-ring (bicyclic) bond motifs is 2. The fraction of sp³-hybridized carbons (Fsp3) is 0.278. The molecule has 2 fully saturated rings. The van der Waals surface area contributed by atoms with Gasteiger partial charge in [0, 0.05) is 37.0 Å². The summed E-state index contributed by atoms with van der Waals surface area (Å²) >= 11 is 1.46. The zero-order chi connectivity index (χ0) is 18.2. The number of anilines is 2. The molecular weight excluding hydrogens is 362 g/mol. The summed E-state index contributed by atoms with van der Waals surface area (Å²) in [6.07, 6.45) is 0. The Morgan fingerprint density at radius 1 is 1.15 bits per heavy atom. The largest absolute Gasteiger partial charge is 0.397 e. The Bertz CT molecular complexity index is 1260. The SMILES string of the molecule is Nc1c(-c2nc3nc(N4CC5(CNC5)C4)ccc3[nH]2)c(=O)[nH]c2sccc12. The van der Waals surface area contributed by atoms with E-state index in [-0.39, 0.29) is 5.56 Å². The molecule has 6 heterocycles. The van der Waals surface area contributed by atoms with Gasteiger partial charge in [-0.15, -0.1) is 11.3 Å². The number of nitrogens with zero attached hydrogens (tertiary/aromatic N) is 3. The molecule has 0 unspecified atom stereocenters. The highest BCUT2D eigenvalue weighted by atomic mass is 32.1. The lowest BCUT2D eigenvalue weighted by atomic mass is 9.74. The summed E-state index contributed by atoms with van der Waals surface area (Å²) in [5.41, 5.74) is 8.65. The van der Waals surface area contributed by atoms with Crippen LogP contribution in [0.5, 0.6) is 0 Å². The number of aromatic nitrogens is 4. The Hall–Kier alpha value is -2.91. The number of nitrogen functional groups attached to an aromatic ring is 1. The van der Waals surface area contributed by atoms with Gasteiger partial charge < -0.3 is 25.9 Å². The Balaban J connectivity index is 1.42. The van der Waals surface area contributed by atoms with Gasteiger partial charge in [0.1, 0.15) is 22.0 Å². The summed E-state index contributed by atoms with van der Waals surface area (Å²) in [4.78, 5) is 30.9. The second-order valence-corrected chi connectivity index (χ2v) is 8.41. The molecule has 0 atom stereocenters. The van der Waals surface area contributed by atoms with Crippen LogP contribution in [-0.2, 0) is 0 Å². The molecule has 5 N–H and O–H groups in total. The van der Waals surface area contributed by atoms with E-state index in [9.17, 15) is 4.79 Å². The van der Waals surface area contributed by atoms with Crippen LogP contribution in [0.25, 0.3) is 32.8 Å². The van der Waals surface area contributed by atoms with E-state index < -0.39 is 0 Å². The van der Waals surface area contributed by atoms with E-state index in [4.69, 9.17) is 10.7 Å². The van der Waals surface area contributed by atoms with Gasteiger partial charge >= 0.3 is 0 Å². The zero-order valence-corrected chi connectivity index (χ0v) is 15.2. The molecule has 27 heavy (non-hydrogen) atoms. The smallest absolute Gasteiger partial charge is 0.262 e. The quantitative estimate of drug-likeness (QED) is 0.420. The summed E-state index contributed by atoms with van der Waals surface area (Å²) in [6, 6.07) is 5.87. The minimum Gasteiger partial charge on any atom is -0.397 e. The molecule has 4 aromatic rings. The molecule has 0 radical (unpaired) electrons. The van der Waals surface area contributed by atoms with Crippen molar-refractivity contribution in [3.63, 3.8) is 0 Å². The number of hydrogen-bond donors (Lipinski definition) is 4. The number of pyridine rings is 2. The van der Waals surface area contributed by atoms with Crippen LogP contribution in [0.15, 0.2) is 28.4 Å². The molecule has 0 amide bonds. The first-order valence-electron chi connectivity index (χ1n) is 8.84. The van der Waals surface area contributed by atoms with Crippen molar-refractivity contribution < 1.29 is 0 Å². The van der Waals surface area contributed by atoms with Gasteiger partial charge in [-0.05, 0) is 23.6 Å². The Labute approximate surface area is 157 Å². The van der Waals surface area contributed by atoms with Crippen molar-refractivity contribution in [3.05, 3.63) is 33.9 Å². The van der Waals surface area contributed by atoms with Gasteiger partial charge in [0.15, 0.2) is 5.65 Å². The third-order valence-electron chi connectivity index (χ3n) is 5.62. The summed E-state index contributed by atoms with van der Waals surface area (Å²) in [7, 11) is 0. The summed E-state index contributed by atoms with van der Waals surface area (Å²) < 4.78 is 0. The molecule has 136 valence electrons. The molecule has 2 saturated heterocycles. The van der Waals surface area contributed by atoms with Crippen molar-refractivity contribution in [1.29, 1.82) is 0 Å². The summed E-state index contributed by atoms with van der Waals surface area (Å²) in [5, 5.41) is 6.08. The fourth-order valence-electron chi connectivity index (χ4n) is 4.08. The topological polar surface area (TPSA) is 116 Å². The second-order valence-electron chi connectivity index (χ2n) is 7.49. The number of imidazole rings is 1. The van der Waals surface area contributed by atoms with Crippen molar-refractivity contribution in [2.75, 3.05) is 36.8 Å². The van der Waals surface area contributed by atoms with Gasteiger partial charge in [-0.2, -0.15) is 0 Å². The standard InChI is InChI=1S/C18H17N7OS/c19-13-9-3-4-27-17(9)24-16(26)12(13)15-21-10-1-2-11(22-14(10)23-15)25-7-18(8-25)5-20-6-18/h1-4,20H,5-8H2,(H3,19,24,26)(H,21,22,23). The second kappa shape index (κ2) is 5.08. The highest BCUT2D eigenvalue weighted by molar-refractivity contribution is 7.16. The van der Waals surface area contributed by atoms with Crippen molar-refractivity contribution in [1.82, 2.24) is 25.3 Å². The lowest BCUT2D eigenvalue weighted by Gasteiger charge is -2.56.